The molecule has 2 unspecified atom stereocenters. The number of nitrogens with two attached hydrogens (primary N) is 1. The molecule has 3 heteroatoms. The highest BCUT2D eigenvalue weighted by molar-refractivity contribution is 4.83. The average molecular weight is 241 g/mol. The first kappa shape index (κ1) is 14.9. The van der Waals surface area contributed by atoms with Crippen LogP contribution in [-0.4, -0.2) is 54.6 Å². The molecule has 0 aliphatic carbocycles. The molecule has 0 aromatic carbocycles. The van der Waals surface area contributed by atoms with Gasteiger partial charge in [-0.15, -0.1) is 0 Å². The van der Waals surface area contributed by atoms with E-state index in [1.165, 1.54) is 51.9 Å². The van der Waals surface area contributed by atoms with Crippen molar-refractivity contribution in [3.8, 4) is 0 Å². The van der Waals surface area contributed by atoms with Crippen molar-refractivity contribution >= 4 is 0 Å². The highest BCUT2D eigenvalue weighted by atomic mass is 15.3. The molecule has 1 aliphatic rings. The highest BCUT2D eigenvalue weighted by Crippen LogP contribution is 2.15. The van der Waals surface area contributed by atoms with Crippen LogP contribution in [0.4, 0.5) is 0 Å². The van der Waals surface area contributed by atoms with Crippen molar-refractivity contribution in [2.45, 2.75) is 58.5 Å². The van der Waals surface area contributed by atoms with E-state index in [4.69, 9.17) is 5.73 Å². The Morgan fingerprint density at radius 3 is 2.53 bits per heavy atom. The van der Waals surface area contributed by atoms with Gasteiger partial charge in [0.1, 0.15) is 0 Å². The topological polar surface area (TPSA) is 32.5 Å². The summed E-state index contributed by atoms with van der Waals surface area (Å²) in [7, 11) is 0. The summed E-state index contributed by atoms with van der Waals surface area (Å²) in [6.45, 7) is 12.5. The van der Waals surface area contributed by atoms with E-state index in [0.29, 0.717) is 12.1 Å². The molecule has 1 aliphatic heterocycles. The lowest BCUT2D eigenvalue weighted by Crippen LogP contribution is -2.56. The normalized spacial score (nSPS) is 25.1. The lowest BCUT2D eigenvalue weighted by atomic mass is 10.0. The third-order valence-electron chi connectivity index (χ3n) is 4.13. The molecule has 0 amide bonds. The summed E-state index contributed by atoms with van der Waals surface area (Å²) in [6.07, 6.45) is 5.27. The molecule has 0 aromatic heterocycles. The Kier molecular flexibility index (Phi) is 7.09. The average Bonchev–Trinajstić information content (AvgIpc) is 2.35. The Bertz CT molecular complexity index is 196. The van der Waals surface area contributed by atoms with Crippen LogP contribution in [0.5, 0.6) is 0 Å². The quantitative estimate of drug-likeness (QED) is 0.691. The SMILES string of the molecule is CCCCCC(CN)N1CCN(CC)C(C)C1. The number of nitrogens with zero attached hydrogens (tertiary/aromatic N) is 2. The van der Waals surface area contributed by atoms with Crippen LogP contribution in [0.25, 0.3) is 0 Å². The molecule has 1 rings (SSSR count). The molecule has 3 nitrogen and oxygen atoms in total. The maximum absolute atomic E-state index is 5.94. The molecule has 0 spiro atoms. The van der Waals surface area contributed by atoms with E-state index in [1.54, 1.807) is 0 Å². The van der Waals surface area contributed by atoms with Gasteiger partial charge in [0.15, 0.2) is 0 Å². The first-order valence-corrected chi connectivity index (χ1v) is 7.41. The fraction of sp³-hybridized carbons (Fsp3) is 1.00. The van der Waals surface area contributed by atoms with Gasteiger partial charge in [0.25, 0.3) is 0 Å². The molecule has 1 fully saturated rings. The molecule has 1 heterocycles. The van der Waals surface area contributed by atoms with Crippen LogP contribution in [0.1, 0.15) is 46.5 Å². The number of unbranched alkanes of at least 4 members (excludes halogenated alkanes) is 2. The van der Waals surface area contributed by atoms with Crippen LogP contribution >= 0.6 is 0 Å². The van der Waals surface area contributed by atoms with E-state index in [9.17, 15) is 0 Å². The number of hydrogen-bond acceptors (Lipinski definition) is 3. The van der Waals surface area contributed by atoms with Crippen molar-refractivity contribution in [3.05, 3.63) is 0 Å². The summed E-state index contributed by atoms with van der Waals surface area (Å²) in [4.78, 5) is 5.18. The van der Waals surface area contributed by atoms with Gasteiger partial charge in [-0.05, 0) is 19.9 Å². The zero-order valence-electron chi connectivity index (χ0n) is 12.0. The molecular formula is C14H31N3. The van der Waals surface area contributed by atoms with Gasteiger partial charge in [-0.3, -0.25) is 9.80 Å². The summed E-state index contributed by atoms with van der Waals surface area (Å²) in [5.41, 5.74) is 5.94. The first-order chi connectivity index (χ1) is 8.22. The lowest BCUT2D eigenvalue weighted by Gasteiger charge is -2.42. The van der Waals surface area contributed by atoms with Crippen LogP contribution in [0.2, 0.25) is 0 Å². The van der Waals surface area contributed by atoms with E-state index in [1.807, 2.05) is 0 Å². The molecule has 2 atom stereocenters. The fourth-order valence-corrected chi connectivity index (χ4v) is 2.90. The molecule has 0 radical (unpaired) electrons. The molecule has 1 saturated heterocycles. The van der Waals surface area contributed by atoms with E-state index in [2.05, 4.69) is 30.6 Å². The predicted molar refractivity (Wildman–Crippen MR) is 75.3 cm³/mol. The first-order valence-electron chi connectivity index (χ1n) is 7.41. The maximum Gasteiger partial charge on any atom is 0.0219 e. The van der Waals surface area contributed by atoms with Crippen LogP contribution in [0, 0.1) is 0 Å². The molecule has 0 saturated carbocycles. The van der Waals surface area contributed by atoms with E-state index in [0.717, 1.165) is 6.54 Å². The number of likely N-dealkylation sites (N-methyl/N-ethyl adjacent to an activating group) is 1. The van der Waals surface area contributed by atoms with Crippen molar-refractivity contribution in [1.29, 1.82) is 0 Å². The summed E-state index contributed by atoms with van der Waals surface area (Å²) < 4.78 is 0. The van der Waals surface area contributed by atoms with Gasteiger partial charge in [-0.2, -0.15) is 0 Å². The zero-order valence-corrected chi connectivity index (χ0v) is 12.0. The second kappa shape index (κ2) is 8.06. The number of hydrogen-bond donors (Lipinski definition) is 1. The van der Waals surface area contributed by atoms with Crippen molar-refractivity contribution in [2.24, 2.45) is 5.73 Å². The van der Waals surface area contributed by atoms with Gasteiger partial charge in [0, 0.05) is 38.3 Å². The molecule has 0 bridgehead atoms. The lowest BCUT2D eigenvalue weighted by molar-refractivity contribution is 0.0575. The van der Waals surface area contributed by atoms with Gasteiger partial charge in [-0.25, -0.2) is 0 Å². The predicted octanol–water partition coefficient (Wildman–Crippen LogP) is 1.92. The Morgan fingerprint density at radius 2 is 2.00 bits per heavy atom. The second-order valence-electron chi connectivity index (χ2n) is 5.36. The molecular weight excluding hydrogens is 210 g/mol. The number of piperazine rings is 1. The van der Waals surface area contributed by atoms with Crippen molar-refractivity contribution in [1.82, 2.24) is 9.80 Å². The van der Waals surface area contributed by atoms with Crippen LogP contribution in [-0.2, 0) is 0 Å². The standard InChI is InChI=1S/C14H31N3/c1-4-6-7-8-14(11-15)17-10-9-16(5-2)13(3)12-17/h13-14H,4-12,15H2,1-3H3. The Balaban J connectivity index is 2.37. The Hall–Kier alpha value is -0.120. The Labute approximate surface area is 107 Å². The third-order valence-corrected chi connectivity index (χ3v) is 4.13. The van der Waals surface area contributed by atoms with E-state index < -0.39 is 0 Å². The largest absolute Gasteiger partial charge is 0.329 e. The number of rotatable bonds is 7. The maximum atomic E-state index is 5.94. The second-order valence-corrected chi connectivity index (χ2v) is 5.36. The van der Waals surface area contributed by atoms with Crippen molar-refractivity contribution in [3.63, 3.8) is 0 Å². The van der Waals surface area contributed by atoms with Gasteiger partial charge < -0.3 is 5.73 Å². The van der Waals surface area contributed by atoms with Crippen molar-refractivity contribution < 1.29 is 0 Å². The summed E-state index contributed by atoms with van der Waals surface area (Å²) in [5, 5.41) is 0. The molecule has 2 N–H and O–H groups in total. The van der Waals surface area contributed by atoms with Crippen LogP contribution < -0.4 is 5.73 Å². The summed E-state index contributed by atoms with van der Waals surface area (Å²) >= 11 is 0. The van der Waals surface area contributed by atoms with Gasteiger partial charge >= 0.3 is 0 Å². The van der Waals surface area contributed by atoms with Gasteiger partial charge in [0.2, 0.25) is 0 Å². The fourth-order valence-electron chi connectivity index (χ4n) is 2.90. The monoisotopic (exact) mass is 241 g/mol. The van der Waals surface area contributed by atoms with Crippen LogP contribution in [0.3, 0.4) is 0 Å². The minimum atomic E-state index is 0.614. The molecule has 102 valence electrons. The smallest absolute Gasteiger partial charge is 0.0219 e. The van der Waals surface area contributed by atoms with Crippen molar-refractivity contribution in [2.75, 3.05) is 32.7 Å². The zero-order chi connectivity index (χ0) is 12.7. The van der Waals surface area contributed by atoms with E-state index >= 15 is 0 Å². The van der Waals surface area contributed by atoms with Crippen LogP contribution in [0.15, 0.2) is 0 Å². The van der Waals surface area contributed by atoms with E-state index in [-0.39, 0.29) is 0 Å². The minimum absolute atomic E-state index is 0.614. The summed E-state index contributed by atoms with van der Waals surface area (Å²) in [5.74, 6) is 0. The van der Waals surface area contributed by atoms with Gasteiger partial charge in [-0.1, -0.05) is 33.1 Å². The molecule has 17 heavy (non-hydrogen) atoms. The minimum Gasteiger partial charge on any atom is -0.329 e. The Morgan fingerprint density at radius 1 is 1.24 bits per heavy atom. The highest BCUT2D eigenvalue weighted by Gasteiger charge is 2.26. The molecule has 0 aromatic rings. The summed E-state index contributed by atoms with van der Waals surface area (Å²) in [6, 6.07) is 1.30. The third kappa shape index (κ3) is 4.57. The van der Waals surface area contributed by atoms with Gasteiger partial charge in [0.05, 0.1) is 0 Å².